The molecule has 0 aliphatic carbocycles. The summed E-state index contributed by atoms with van der Waals surface area (Å²) in [7, 11) is 6.40. The number of rotatable bonds is 7. The summed E-state index contributed by atoms with van der Waals surface area (Å²) in [6.07, 6.45) is 0.835. The molecule has 0 atom stereocenters. The molecular weight excluding hydrogens is 451 g/mol. The van der Waals surface area contributed by atoms with Gasteiger partial charge in [0, 0.05) is 30.9 Å². The first-order valence-electron chi connectivity index (χ1n) is 7.87. The van der Waals surface area contributed by atoms with Crippen molar-refractivity contribution in [1.82, 2.24) is 10.5 Å². The normalized spacial score (nSPS) is 10.7. The number of methoxy groups -OCH3 is 3. The van der Waals surface area contributed by atoms with Crippen molar-refractivity contribution >= 4 is 35.6 Å². The fourth-order valence-electron chi connectivity index (χ4n) is 2.25. The van der Waals surface area contributed by atoms with E-state index in [-0.39, 0.29) is 24.0 Å². The van der Waals surface area contributed by atoms with Crippen LogP contribution < -0.4 is 24.8 Å². The molecule has 144 valence electrons. The van der Waals surface area contributed by atoms with E-state index in [1.807, 2.05) is 13.0 Å². The van der Waals surface area contributed by atoms with Crippen LogP contribution in [0.4, 0.5) is 5.69 Å². The molecule has 0 unspecified atom stereocenters. The molecule has 0 bridgehead atoms. The van der Waals surface area contributed by atoms with Gasteiger partial charge in [-0.1, -0.05) is 12.1 Å². The summed E-state index contributed by atoms with van der Waals surface area (Å²) in [5, 5.41) is 10.3. The minimum atomic E-state index is 0. The van der Waals surface area contributed by atoms with Crippen LogP contribution in [0.3, 0.4) is 0 Å². The molecule has 0 aliphatic heterocycles. The zero-order chi connectivity index (χ0) is 18.2. The van der Waals surface area contributed by atoms with Crippen LogP contribution in [0.2, 0.25) is 0 Å². The fourth-order valence-corrected chi connectivity index (χ4v) is 2.25. The van der Waals surface area contributed by atoms with Crippen molar-refractivity contribution in [2.75, 3.05) is 33.7 Å². The number of hydrogen-bond acceptors (Lipinski definition) is 6. The summed E-state index contributed by atoms with van der Waals surface area (Å²) in [6.45, 7) is 2.50. The fraction of sp³-hybridized carbons (Fsp3) is 0.412. The number of nitrogens with one attached hydrogen (secondary N) is 2. The summed E-state index contributed by atoms with van der Waals surface area (Å²) in [5.74, 6) is 2.96. The van der Waals surface area contributed by atoms with E-state index in [0.29, 0.717) is 29.8 Å². The topological polar surface area (TPSA) is 90.1 Å². The predicted molar refractivity (Wildman–Crippen MR) is 111 cm³/mol. The van der Waals surface area contributed by atoms with Crippen molar-refractivity contribution in [3.05, 3.63) is 29.7 Å². The smallest absolute Gasteiger partial charge is 0.203 e. The summed E-state index contributed by atoms with van der Waals surface area (Å²) in [4.78, 5) is 4.20. The first kappa shape index (κ1) is 21.9. The van der Waals surface area contributed by atoms with Gasteiger partial charge in [-0.15, -0.1) is 24.0 Å². The summed E-state index contributed by atoms with van der Waals surface area (Å²) in [5.41, 5.74) is 1.67. The maximum atomic E-state index is 5.35. The highest BCUT2D eigenvalue weighted by atomic mass is 127. The number of aryl methyl sites for hydroxylation is 1. The van der Waals surface area contributed by atoms with Crippen LogP contribution >= 0.6 is 24.0 Å². The third-order valence-corrected chi connectivity index (χ3v) is 3.55. The lowest BCUT2D eigenvalue weighted by molar-refractivity contribution is 0.324. The zero-order valence-electron chi connectivity index (χ0n) is 15.6. The van der Waals surface area contributed by atoms with Gasteiger partial charge in [0.05, 0.1) is 33.6 Å². The number of nitrogens with zero attached hydrogens (tertiary/aromatic N) is 2. The Kier molecular flexibility index (Phi) is 9.03. The SMILES string of the molecule is CCc1cc(CNC(=NC)Nc2cc(OC)c(OC)c(OC)c2)on1.I. The minimum Gasteiger partial charge on any atom is -0.493 e. The van der Waals surface area contributed by atoms with Crippen molar-refractivity contribution in [3.63, 3.8) is 0 Å². The van der Waals surface area contributed by atoms with Crippen LogP contribution in [-0.4, -0.2) is 39.5 Å². The average Bonchev–Trinajstić information content (AvgIpc) is 3.12. The quantitative estimate of drug-likeness (QED) is 0.361. The van der Waals surface area contributed by atoms with Crippen LogP contribution in [0.25, 0.3) is 0 Å². The van der Waals surface area contributed by atoms with E-state index in [1.165, 1.54) is 0 Å². The lowest BCUT2D eigenvalue weighted by Gasteiger charge is -2.16. The molecule has 2 N–H and O–H groups in total. The van der Waals surface area contributed by atoms with Gasteiger partial charge in [0.1, 0.15) is 0 Å². The van der Waals surface area contributed by atoms with Crippen LogP contribution in [0, 0.1) is 0 Å². The molecule has 0 saturated heterocycles. The van der Waals surface area contributed by atoms with Crippen molar-refractivity contribution in [1.29, 1.82) is 0 Å². The highest BCUT2D eigenvalue weighted by Gasteiger charge is 2.14. The highest BCUT2D eigenvalue weighted by molar-refractivity contribution is 14.0. The number of aliphatic imine (C=N–C) groups is 1. The standard InChI is InChI=1S/C17H24N4O4.HI/c1-6-11-7-13(25-21-11)10-19-17(18-2)20-12-8-14(22-3)16(24-5)15(9-12)23-4;/h7-9H,6,10H2,1-5H3,(H2,18,19,20);1H. The molecule has 0 amide bonds. The van der Waals surface area contributed by atoms with Gasteiger partial charge in [-0.05, 0) is 6.42 Å². The van der Waals surface area contributed by atoms with E-state index < -0.39 is 0 Å². The second kappa shape index (κ2) is 10.7. The Bertz CT molecular complexity index is 708. The van der Waals surface area contributed by atoms with E-state index in [9.17, 15) is 0 Å². The number of aromatic nitrogens is 1. The number of benzene rings is 1. The van der Waals surface area contributed by atoms with Gasteiger partial charge < -0.3 is 29.4 Å². The lowest BCUT2D eigenvalue weighted by Crippen LogP contribution is -2.30. The van der Waals surface area contributed by atoms with Crippen molar-refractivity contribution < 1.29 is 18.7 Å². The second-order valence-corrected chi connectivity index (χ2v) is 5.10. The molecule has 9 heteroatoms. The lowest BCUT2D eigenvalue weighted by atomic mass is 10.2. The van der Waals surface area contributed by atoms with Gasteiger partial charge in [-0.2, -0.15) is 0 Å². The van der Waals surface area contributed by atoms with E-state index in [4.69, 9.17) is 18.7 Å². The summed E-state index contributed by atoms with van der Waals surface area (Å²) < 4.78 is 21.3. The Morgan fingerprint density at radius 1 is 1.12 bits per heavy atom. The molecule has 1 aromatic carbocycles. The molecular formula is C17H25IN4O4. The van der Waals surface area contributed by atoms with E-state index in [0.717, 1.165) is 23.6 Å². The summed E-state index contributed by atoms with van der Waals surface area (Å²) >= 11 is 0. The zero-order valence-corrected chi connectivity index (χ0v) is 17.9. The monoisotopic (exact) mass is 476 g/mol. The molecule has 0 saturated carbocycles. The van der Waals surface area contributed by atoms with Gasteiger partial charge in [-0.3, -0.25) is 4.99 Å². The van der Waals surface area contributed by atoms with Crippen LogP contribution in [0.1, 0.15) is 18.4 Å². The molecule has 0 fully saturated rings. The minimum absolute atomic E-state index is 0. The second-order valence-electron chi connectivity index (χ2n) is 5.10. The van der Waals surface area contributed by atoms with E-state index in [1.54, 1.807) is 40.5 Å². The number of halogens is 1. The Morgan fingerprint density at radius 3 is 2.23 bits per heavy atom. The van der Waals surface area contributed by atoms with Gasteiger partial charge in [-0.25, -0.2) is 0 Å². The van der Waals surface area contributed by atoms with Crippen LogP contribution in [-0.2, 0) is 13.0 Å². The number of guanidine groups is 1. The Labute approximate surface area is 170 Å². The molecule has 8 nitrogen and oxygen atoms in total. The molecule has 0 aliphatic rings. The highest BCUT2D eigenvalue weighted by Crippen LogP contribution is 2.39. The van der Waals surface area contributed by atoms with E-state index in [2.05, 4.69) is 20.8 Å². The van der Waals surface area contributed by atoms with Crippen molar-refractivity contribution in [2.45, 2.75) is 19.9 Å². The molecule has 0 radical (unpaired) electrons. The molecule has 0 spiro atoms. The van der Waals surface area contributed by atoms with Crippen LogP contribution in [0.15, 0.2) is 27.7 Å². The third-order valence-electron chi connectivity index (χ3n) is 3.55. The first-order valence-corrected chi connectivity index (χ1v) is 7.87. The van der Waals surface area contributed by atoms with Gasteiger partial charge in [0.25, 0.3) is 0 Å². The molecule has 1 aromatic heterocycles. The largest absolute Gasteiger partial charge is 0.493 e. The summed E-state index contributed by atoms with van der Waals surface area (Å²) in [6, 6.07) is 5.52. The maximum absolute atomic E-state index is 5.35. The first-order chi connectivity index (χ1) is 12.1. The molecule has 26 heavy (non-hydrogen) atoms. The average molecular weight is 476 g/mol. The maximum Gasteiger partial charge on any atom is 0.203 e. The molecule has 1 heterocycles. The van der Waals surface area contributed by atoms with Gasteiger partial charge >= 0.3 is 0 Å². The predicted octanol–water partition coefficient (Wildman–Crippen LogP) is 3.07. The molecule has 2 aromatic rings. The number of anilines is 1. The van der Waals surface area contributed by atoms with Gasteiger partial charge in [0.15, 0.2) is 23.2 Å². The number of hydrogen-bond donors (Lipinski definition) is 2. The van der Waals surface area contributed by atoms with Crippen molar-refractivity contribution in [2.24, 2.45) is 4.99 Å². The van der Waals surface area contributed by atoms with Crippen LogP contribution in [0.5, 0.6) is 17.2 Å². The third kappa shape index (κ3) is 5.41. The Morgan fingerprint density at radius 2 is 1.77 bits per heavy atom. The Hall–Kier alpha value is -2.17. The Balaban J connectivity index is 0.00000338. The number of ether oxygens (including phenoxy) is 3. The van der Waals surface area contributed by atoms with E-state index >= 15 is 0 Å². The van der Waals surface area contributed by atoms with Crippen molar-refractivity contribution in [3.8, 4) is 17.2 Å². The van der Waals surface area contributed by atoms with Gasteiger partial charge in [0.2, 0.25) is 5.75 Å². The molecule has 2 rings (SSSR count).